The highest BCUT2D eigenvalue weighted by Gasteiger charge is 2.11. The summed E-state index contributed by atoms with van der Waals surface area (Å²) in [4.78, 5) is 4.34. The molecule has 0 bridgehead atoms. The first kappa shape index (κ1) is 12.5. The smallest absolute Gasteiger partial charge is 0.161 e. The average molecular weight is 246 g/mol. The van der Waals surface area contributed by atoms with E-state index in [1.807, 2.05) is 19.2 Å². The maximum atomic E-state index is 9.62. The Balaban J connectivity index is 2.14. The number of aromatic hydroxyl groups is 1. The van der Waals surface area contributed by atoms with Crippen LogP contribution in [-0.2, 0) is 6.61 Å². The molecule has 96 valence electrons. The fraction of sp³-hybridized carbons (Fsp3) is 0.357. The van der Waals surface area contributed by atoms with Gasteiger partial charge in [0.25, 0.3) is 0 Å². The number of phenolic OH excluding ortho intramolecular Hbond substituents is 1. The quantitative estimate of drug-likeness (QED) is 0.901. The minimum atomic E-state index is 0.150. The summed E-state index contributed by atoms with van der Waals surface area (Å²) in [6.07, 6.45) is 1.84. The van der Waals surface area contributed by atoms with E-state index < -0.39 is 0 Å². The van der Waals surface area contributed by atoms with Gasteiger partial charge in [0, 0.05) is 17.9 Å². The molecule has 1 heterocycles. The van der Waals surface area contributed by atoms with Crippen LogP contribution in [-0.4, -0.2) is 14.7 Å². The Morgan fingerprint density at radius 2 is 2.06 bits per heavy atom. The minimum absolute atomic E-state index is 0.150. The number of para-hydroxylation sites is 2. The van der Waals surface area contributed by atoms with Crippen molar-refractivity contribution in [2.75, 3.05) is 0 Å². The van der Waals surface area contributed by atoms with E-state index in [1.54, 1.807) is 18.2 Å². The van der Waals surface area contributed by atoms with Crippen LogP contribution in [0.2, 0.25) is 0 Å². The predicted octanol–water partition coefficient (Wildman–Crippen LogP) is 3.06. The first-order valence-corrected chi connectivity index (χ1v) is 6.03. The van der Waals surface area contributed by atoms with Gasteiger partial charge in [0.05, 0.1) is 0 Å². The van der Waals surface area contributed by atoms with E-state index in [0.717, 1.165) is 11.5 Å². The Morgan fingerprint density at radius 3 is 2.72 bits per heavy atom. The van der Waals surface area contributed by atoms with Crippen molar-refractivity contribution < 1.29 is 9.84 Å². The lowest BCUT2D eigenvalue weighted by Gasteiger charge is -2.14. The van der Waals surface area contributed by atoms with Crippen LogP contribution in [0.15, 0.2) is 30.5 Å². The number of aryl methyl sites for hydroxylation is 1. The van der Waals surface area contributed by atoms with Gasteiger partial charge in [-0.1, -0.05) is 12.1 Å². The van der Waals surface area contributed by atoms with Gasteiger partial charge in [0.1, 0.15) is 12.4 Å². The molecule has 1 aromatic carbocycles. The summed E-state index contributed by atoms with van der Waals surface area (Å²) in [5.74, 6) is 1.50. The van der Waals surface area contributed by atoms with Crippen LogP contribution >= 0.6 is 0 Å². The maximum absolute atomic E-state index is 9.62. The Kier molecular flexibility index (Phi) is 3.55. The van der Waals surface area contributed by atoms with E-state index in [2.05, 4.69) is 23.4 Å². The number of hydrogen-bond acceptors (Lipinski definition) is 3. The zero-order valence-electron chi connectivity index (χ0n) is 10.9. The summed E-state index contributed by atoms with van der Waals surface area (Å²) in [6.45, 7) is 6.59. The van der Waals surface area contributed by atoms with Crippen LogP contribution in [0, 0.1) is 6.92 Å². The van der Waals surface area contributed by atoms with Gasteiger partial charge in [-0.2, -0.15) is 0 Å². The van der Waals surface area contributed by atoms with Crippen molar-refractivity contribution in [3.63, 3.8) is 0 Å². The van der Waals surface area contributed by atoms with Crippen molar-refractivity contribution in [1.82, 2.24) is 9.55 Å². The Hall–Kier alpha value is -1.97. The summed E-state index contributed by atoms with van der Waals surface area (Å²) in [5.41, 5.74) is 1.11. The molecule has 0 atom stereocenters. The largest absolute Gasteiger partial charge is 0.504 e. The van der Waals surface area contributed by atoms with Crippen molar-refractivity contribution >= 4 is 0 Å². The third-order valence-corrected chi connectivity index (χ3v) is 2.80. The zero-order valence-corrected chi connectivity index (χ0v) is 10.9. The lowest BCUT2D eigenvalue weighted by atomic mass is 10.3. The Labute approximate surface area is 107 Å². The number of phenols is 1. The molecule has 0 saturated heterocycles. The maximum Gasteiger partial charge on any atom is 0.161 e. The third kappa shape index (κ3) is 2.47. The molecule has 18 heavy (non-hydrogen) atoms. The molecule has 2 aromatic rings. The number of rotatable bonds is 4. The molecule has 4 nitrogen and oxygen atoms in total. The molecule has 0 saturated carbocycles. The van der Waals surface area contributed by atoms with Gasteiger partial charge in [0.15, 0.2) is 11.5 Å². The van der Waals surface area contributed by atoms with E-state index in [9.17, 15) is 5.11 Å². The minimum Gasteiger partial charge on any atom is -0.504 e. The van der Waals surface area contributed by atoms with Crippen LogP contribution in [0.4, 0.5) is 0 Å². The first-order valence-electron chi connectivity index (χ1n) is 6.03. The molecule has 0 radical (unpaired) electrons. The zero-order chi connectivity index (χ0) is 13.1. The van der Waals surface area contributed by atoms with E-state index in [4.69, 9.17) is 4.74 Å². The molecule has 0 unspecified atom stereocenters. The number of hydrogen-bond donors (Lipinski definition) is 1. The van der Waals surface area contributed by atoms with E-state index in [1.165, 1.54) is 0 Å². The van der Waals surface area contributed by atoms with Gasteiger partial charge in [0.2, 0.25) is 0 Å². The second-order valence-corrected chi connectivity index (χ2v) is 4.54. The molecule has 0 aliphatic rings. The molecule has 0 amide bonds. The Morgan fingerprint density at radius 1 is 1.33 bits per heavy atom. The number of imidazole rings is 1. The van der Waals surface area contributed by atoms with Gasteiger partial charge in [-0.25, -0.2) is 4.98 Å². The van der Waals surface area contributed by atoms with Gasteiger partial charge >= 0.3 is 0 Å². The number of benzene rings is 1. The van der Waals surface area contributed by atoms with Crippen LogP contribution in [0.1, 0.15) is 31.4 Å². The van der Waals surface area contributed by atoms with Crippen molar-refractivity contribution in [3.05, 3.63) is 42.0 Å². The molecule has 1 N–H and O–H groups in total. The van der Waals surface area contributed by atoms with Crippen molar-refractivity contribution in [2.45, 2.75) is 33.4 Å². The fourth-order valence-corrected chi connectivity index (χ4v) is 2.03. The normalized spacial score (nSPS) is 10.9. The molecule has 4 heteroatoms. The monoisotopic (exact) mass is 246 g/mol. The lowest BCUT2D eigenvalue weighted by Crippen LogP contribution is -2.10. The Bertz CT molecular complexity index is 532. The molecule has 1 aromatic heterocycles. The van der Waals surface area contributed by atoms with Crippen LogP contribution in [0.3, 0.4) is 0 Å². The van der Waals surface area contributed by atoms with Crippen LogP contribution < -0.4 is 4.74 Å². The van der Waals surface area contributed by atoms with Crippen molar-refractivity contribution in [3.8, 4) is 11.5 Å². The number of ether oxygens (including phenoxy) is 1. The second-order valence-electron chi connectivity index (χ2n) is 4.54. The third-order valence-electron chi connectivity index (χ3n) is 2.80. The first-order chi connectivity index (χ1) is 8.59. The molecular weight excluding hydrogens is 228 g/mol. The van der Waals surface area contributed by atoms with E-state index in [0.29, 0.717) is 18.4 Å². The topological polar surface area (TPSA) is 47.3 Å². The van der Waals surface area contributed by atoms with Gasteiger partial charge in [-0.15, -0.1) is 0 Å². The van der Waals surface area contributed by atoms with E-state index >= 15 is 0 Å². The fourth-order valence-electron chi connectivity index (χ4n) is 2.03. The van der Waals surface area contributed by atoms with Gasteiger partial charge in [-0.05, 0) is 32.9 Å². The van der Waals surface area contributed by atoms with Crippen LogP contribution in [0.5, 0.6) is 11.5 Å². The lowest BCUT2D eigenvalue weighted by molar-refractivity contribution is 0.272. The second kappa shape index (κ2) is 5.12. The number of nitrogens with zero attached hydrogens (tertiary/aromatic N) is 2. The van der Waals surface area contributed by atoms with Crippen LogP contribution in [0.25, 0.3) is 0 Å². The summed E-state index contributed by atoms with van der Waals surface area (Å²) in [6, 6.07) is 7.28. The highest BCUT2D eigenvalue weighted by Crippen LogP contribution is 2.25. The van der Waals surface area contributed by atoms with Crippen molar-refractivity contribution in [2.24, 2.45) is 0 Å². The highest BCUT2D eigenvalue weighted by molar-refractivity contribution is 5.37. The summed E-state index contributed by atoms with van der Waals surface area (Å²) in [5, 5.41) is 9.62. The molecule has 0 aliphatic heterocycles. The molecule has 0 spiro atoms. The summed E-state index contributed by atoms with van der Waals surface area (Å²) < 4.78 is 7.72. The molecule has 0 fully saturated rings. The molecular formula is C14H18N2O2. The SMILES string of the molecule is Cc1cnc(COc2ccccc2O)n1C(C)C. The average Bonchev–Trinajstić information content (AvgIpc) is 2.69. The highest BCUT2D eigenvalue weighted by atomic mass is 16.5. The summed E-state index contributed by atoms with van der Waals surface area (Å²) >= 11 is 0. The number of aromatic nitrogens is 2. The summed E-state index contributed by atoms with van der Waals surface area (Å²) in [7, 11) is 0. The van der Waals surface area contributed by atoms with Gasteiger partial charge in [-0.3, -0.25) is 0 Å². The van der Waals surface area contributed by atoms with Crippen molar-refractivity contribution in [1.29, 1.82) is 0 Å². The van der Waals surface area contributed by atoms with E-state index in [-0.39, 0.29) is 5.75 Å². The molecule has 2 rings (SSSR count). The standard InChI is InChI=1S/C14H18N2O2/c1-10(2)16-11(3)8-15-14(16)9-18-13-7-5-4-6-12(13)17/h4-8,10,17H,9H2,1-3H3. The predicted molar refractivity (Wildman–Crippen MR) is 69.8 cm³/mol. The molecule has 0 aliphatic carbocycles. The van der Waals surface area contributed by atoms with Gasteiger partial charge < -0.3 is 14.4 Å².